The van der Waals surface area contributed by atoms with Gasteiger partial charge in [-0.25, -0.2) is 0 Å². The topological polar surface area (TPSA) is 69.6 Å². The molecule has 1 heterocycles. The van der Waals surface area contributed by atoms with E-state index >= 15 is 0 Å². The predicted molar refractivity (Wildman–Crippen MR) is 72.3 cm³/mol. The number of anilines is 1. The highest BCUT2D eigenvalue weighted by atomic mass is 16.4. The first-order valence-corrected chi connectivity index (χ1v) is 6.36. The molecule has 2 atom stereocenters. The maximum atomic E-state index is 12.3. The van der Waals surface area contributed by atoms with Crippen molar-refractivity contribution < 1.29 is 14.7 Å². The Balaban J connectivity index is 2.38. The van der Waals surface area contributed by atoms with Crippen molar-refractivity contribution in [3.63, 3.8) is 0 Å². The van der Waals surface area contributed by atoms with Gasteiger partial charge in [-0.05, 0) is 32.0 Å². The second-order valence-electron chi connectivity index (χ2n) is 4.74. The van der Waals surface area contributed by atoms with Gasteiger partial charge in [-0.1, -0.05) is 18.2 Å². The second kappa shape index (κ2) is 5.40. The summed E-state index contributed by atoms with van der Waals surface area (Å²) < 4.78 is 0. The first kappa shape index (κ1) is 13.5. The van der Waals surface area contributed by atoms with Crippen LogP contribution in [-0.2, 0) is 9.59 Å². The van der Waals surface area contributed by atoms with Crippen LogP contribution in [0.5, 0.6) is 0 Å². The third-order valence-corrected chi connectivity index (χ3v) is 3.61. The van der Waals surface area contributed by atoms with Crippen molar-refractivity contribution in [3.8, 4) is 0 Å². The van der Waals surface area contributed by atoms with Crippen LogP contribution in [0.1, 0.15) is 24.8 Å². The largest absolute Gasteiger partial charge is 0.481 e. The van der Waals surface area contributed by atoms with Gasteiger partial charge in [0.05, 0.1) is 12.0 Å². The van der Waals surface area contributed by atoms with E-state index in [2.05, 4.69) is 5.32 Å². The molecule has 5 nitrogen and oxygen atoms in total. The Kier molecular flexibility index (Phi) is 3.85. The van der Waals surface area contributed by atoms with Gasteiger partial charge in [0.1, 0.15) is 0 Å². The quantitative estimate of drug-likeness (QED) is 0.858. The van der Waals surface area contributed by atoms with E-state index in [9.17, 15) is 14.7 Å². The van der Waals surface area contributed by atoms with Crippen molar-refractivity contribution in [3.05, 3.63) is 29.8 Å². The minimum Gasteiger partial charge on any atom is -0.481 e. The number of amides is 1. The Morgan fingerprint density at radius 2 is 2.11 bits per heavy atom. The van der Waals surface area contributed by atoms with Gasteiger partial charge in [0.15, 0.2) is 0 Å². The molecule has 2 N–H and O–H groups in total. The fraction of sp³-hybridized carbons (Fsp3) is 0.429. The Morgan fingerprint density at radius 3 is 2.74 bits per heavy atom. The van der Waals surface area contributed by atoms with Gasteiger partial charge in [-0.3, -0.25) is 9.59 Å². The maximum absolute atomic E-state index is 12.3. The molecule has 1 aromatic rings. The molecule has 0 saturated heterocycles. The lowest BCUT2D eigenvalue weighted by molar-refractivity contribution is -0.139. The molecule has 0 aliphatic carbocycles. The van der Waals surface area contributed by atoms with Crippen LogP contribution in [-0.4, -0.2) is 36.6 Å². The first-order valence-electron chi connectivity index (χ1n) is 6.36. The predicted octanol–water partition coefficient (Wildman–Crippen LogP) is 1.20. The zero-order chi connectivity index (χ0) is 14.0. The van der Waals surface area contributed by atoms with Gasteiger partial charge >= 0.3 is 5.97 Å². The summed E-state index contributed by atoms with van der Waals surface area (Å²) in [5.41, 5.74) is 1.44. The third kappa shape index (κ3) is 2.46. The molecular formula is C14H18N2O3. The van der Waals surface area contributed by atoms with Crippen molar-refractivity contribution in [1.82, 2.24) is 5.32 Å². The van der Waals surface area contributed by atoms with E-state index in [1.807, 2.05) is 18.2 Å². The molecule has 1 aliphatic rings. The van der Waals surface area contributed by atoms with Gasteiger partial charge in [0.25, 0.3) is 0 Å². The van der Waals surface area contributed by atoms with Crippen LogP contribution >= 0.6 is 0 Å². The number of carboxylic acids is 1. The van der Waals surface area contributed by atoms with Gasteiger partial charge in [0, 0.05) is 12.2 Å². The summed E-state index contributed by atoms with van der Waals surface area (Å²) >= 11 is 0. The van der Waals surface area contributed by atoms with E-state index in [-0.39, 0.29) is 11.9 Å². The SMILES string of the molecule is CNC(C)C(=O)N1CCC(C(=O)O)c2ccccc21. The van der Waals surface area contributed by atoms with Crippen LogP contribution in [0.25, 0.3) is 0 Å². The van der Waals surface area contributed by atoms with Crippen LogP contribution in [0.4, 0.5) is 5.69 Å². The lowest BCUT2D eigenvalue weighted by atomic mass is 9.89. The first-order chi connectivity index (χ1) is 9.06. The highest BCUT2D eigenvalue weighted by molar-refractivity contribution is 5.99. The molecule has 0 aromatic heterocycles. The van der Waals surface area contributed by atoms with E-state index in [1.165, 1.54) is 0 Å². The normalized spacial score (nSPS) is 19.7. The zero-order valence-electron chi connectivity index (χ0n) is 11.1. The molecule has 1 amide bonds. The molecule has 19 heavy (non-hydrogen) atoms. The Bertz CT molecular complexity index is 501. The molecule has 0 saturated carbocycles. The number of nitrogens with one attached hydrogen (secondary N) is 1. The molecule has 0 spiro atoms. The number of carbonyl (C=O) groups is 2. The molecule has 1 aromatic carbocycles. The van der Waals surface area contributed by atoms with E-state index < -0.39 is 11.9 Å². The fourth-order valence-electron chi connectivity index (χ4n) is 2.40. The van der Waals surface area contributed by atoms with Gasteiger partial charge in [0.2, 0.25) is 5.91 Å². The molecular weight excluding hydrogens is 244 g/mol. The van der Waals surface area contributed by atoms with E-state index in [4.69, 9.17) is 0 Å². The monoisotopic (exact) mass is 262 g/mol. The van der Waals surface area contributed by atoms with Crippen LogP contribution in [0, 0.1) is 0 Å². The number of fused-ring (bicyclic) bond motifs is 1. The molecule has 102 valence electrons. The number of aliphatic carboxylic acids is 1. The number of nitrogens with zero attached hydrogens (tertiary/aromatic N) is 1. The van der Waals surface area contributed by atoms with Crippen LogP contribution in [0.15, 0.2) is 24.3 Å². The molecule has 0 bridgehead atoms. The summed E-state index contributed by atoms with van der Waals surface area (Å²) in [5.74, 6) is -1.38. The molecule has 5 heteroatoms. The molecule has 2 rings (SSSR count). The Labute approximate surface area is 112 Å². The van der Waals surface area contributed by atoms with Crippen molar-refractivity contribution in [2.45, 2.75) is 25.3 Å². The van der Waals surface area contributed by atoms with Gasteiger partial charge < -0.3 is 15.3 Å². The summed E-state index contributed by atoms with van der Waals surface area (Å²) in [4.78, 5) is 25.2. The van der Waals surface area contributed by atoms with Crippen LogP contribution in [0.3, 0.4) is 0 Å². The number of rotatable bonds is 3. The number of likely N-dealkylation sites (N-methyl/N-ethyl adjacent to an activating group) is 1. The van der Waals surface area contributed by atoms with Crippen LogP contribution in [0.2, 0.25) is 0 Å². The van der Waals surface area contributed by atoms with Gasteiger partial charge in [-0.2, -0.15) is 0 Å². The Morgan fingerprint density at radius 1 is 1.42 bits per heavy atom. The minimum absolute atomic E-state index is 0.0289. The molecule has 2 unspecified atom stereocenters. The highest BCUT2D eigenvalue weighted by Gasteiger charge is 2.33. The number of hydrogen-bond donors (Lipinski definition) is 2. The van der Waals surface area contributed by atoms with E-state index in [1.54, 1.807) is 24.9 Å². The fourth-order valence-corrected chi connectivity index (χ4v) is 2.40. The van der Waals surface area contributed by atoms with E-state index in [0.717, 1.165) is 5.56 Å². The van der Waals surface area contributed by atoms with Gasteiger partial charge in [-0.15, -0.1) is 0 Å². The number of benzene rings is 1. The average Bonchev–Trinajstić information content (AvgIpc) is 2.44. The average molecular weight is 262 g/mol. The summed E-state index contributed by atoms with van der Waals surface area (Å²) in [6.45, 7) is 2.24. The zero-order valence-corrected chi connectivity index (χ0v) is 11.1. The maximum Gasteiger partial charge on any atom is 0.311 e. The Hall–Kier alpha value is -1.88. The molecule has 0 fully saturated rings. The summed E-state index contributed by atoms with van der Waals surface area (Å²) in [5, 5.41) is 12.2. The van der Waals surface area contributed by atoms with E-state index in [0.29, 0.717) is 18.7 Å². The van der Waals surface area contributed by atoms with Crippen LogP contribution < -0.4 is 10.2 Å². The minimum atomic E-state index is -0.832. The summed E-state index contributed by atoms with van der Waals surface area (Å²) in [6, 6.07) is 6.95. The lowest BCUT2D eigenvalue weighted by Gasteiger charge is -2.34. The number of para-hydroxylation sites is 1. The number of carboxylic acid groups (broad SMARTS) is 1. The number of hydrogen-bond acceptors (Lipinski definition) is 3. The van der Waals surface area contributed by atoms with Crippen molar-refractivity contribution in [1.29, 1.82) is 0 Å². The smallest absolute Gasteiger partial charge is 0.311 e. The van der Waals surface area contributed by atoms with Crippen molar-refractivity contribution in [2.75, 3.05) is 18.5 Å². The summed E-state index contributed by atoms with van der Waals surface area (Å²) in [7, 11) is 1.73. The number of carbonyl (C=O) groups excluding carboxylic acids is 1. The standard InChI is InChI=1S/C14H18N2O3/c1-9(15-2)13(17)16-8-7-11(14(18)19)10-5-3-4-6-12(10)16/h3-6,9,11,15H,7-8H2,1-2H3,(H,18,19). The summed E-state index contributed by atoms with van der Waals surface area (Å²) in [6.07, 6.45) is 0.453. The molecule has 0 radical (unpaired) electrons. The molecule has 1 aliphatic heterocycles. The lowest BCUT2D eigenvalue weighted by Crippen LogP contribution is -2.46. The highest BCUT2D eigenvalue weighted by Crippen LogP contribution is 2.35. The van der Waals surface area contributed by atoms with Crippen molar-refractivity contribution in [2.24, 2.45) is 0 Å². The second-order valence-corrected chi connectivity index (χ2v) is 4.74. The third-order valence-electron chi connectivity index (χ3n) is 3.61. The van der Waals surface area contributed by atoms with Crippen molar-refractivity contribution >= 4 is 17.6 Å².